The van der Waals surface area contributed by atoms with Crippen molar-refractivity contribution in [2.75, 3.05) is 11.1 Å². The van der Waals surface area contributed by atoms with Gasteiger partial charge in [-0.05, 0) is 40.8 Å². The van der Waals surface area contributed by atoms with E-state index in [4.69, 9.17) is 5.73 Å². The number of rotatable bonds is 2. The Kier molecular flexibility index (Phi) is 4.02. The van der Waals surface area contributed by atoms with Gasteiger partial charge in [-0.2, -0.15) is 0 Å². The molecule has 0 aromatic heterocycles. The van der Waals surface area contributed by atoms with Gasteiger partial charge in [-0.1, -0.05) is 0 Å². The number of anilines is 3. The minimum Gasteiger partial charge on any atom is -0.399 e. The number of benzene rings is 2. The average Bonchev–Trinajstić information content (AvgIpc) is 2.41. The minimum atomic E-state index is -2.20. The van der Waals surface area contributed by atoms with Crippen molar-refractivity contribution >= 4 is 39.7 Å². The van der Waals surface area contributed by atoms with Crippen molar-refractivity contribution in [1.29, 1.82) is 0 Å². The van der Waals surface area contributed by atoms with Gasteiger partial charge in [0.15, 0.2) is 23.3 Å². The van der Waals surface area contributed by atoms with Crippen LogP contribution in [-0.4, -0.2) is 0 Å². The van der Waals surface area contributed by atoms with Crippen LogP contribution in [0.15, 0.2) is 18.2 Å². The van der Waals surface area contributed by atoms with E-state index in [1.165, 1.54) is 18.2 Å². The molecule has 2 rings (SSSR count). The van der Waals surface area contributed by atoms with Crippen molar-refractivity contribution in [2.24, 2.45) is 0 Å². The third-order valence-corrected chi connectivity index (χ3v) is 3.36. The van der Waals surface area contributed by atoms with Gasteiger partial charge >= 0.3 is 0 Å². The molecule has 8 heteroatoms. The highest BCUT2D eigenvalue weighted by Crippen LogP contribution is 2.31. The Balaban J connectivity index is 2.54. The highest BCUT2D eigenvalue weighted by molar-refractivity contribution is 14.1. The first-order valence-corrected chi connectivity index (χ1v) is 6.24. The van der Waals surface area contributed by atoms with Crippen LogP contribution in [0.5, 0.6) is 0 Å². The summed E-state index contributed by atoms with van der Waals surface area (Å²) in [6.45, 7) is 0. The van der Waals surface area contributed by atoms with Gasteiger partial charge in [0.2, 0.25) is 5.82 Å². The van der Waals surface area contributed by atoms with Gasteiger partial charge in [-0.15, -0.1) is 0 Å². The van der Waals surface area contributed by atoms with Gasteiger partial charge in [0.1, 0.15) is 5.69 Å². The van der Waals surface area contributed by atoms with Crippen molar-refractivity contribution in [1.82, 2.24) is 0 Å². The van der Waals surface area contributed by atoms with Crippen molar-refractivity contribution in [3.8, 4) is 0 Å². The van der Waals surface area contributed by atoms with E-state index in [1.807, 2.05) is 22.6 Å². The summed E-state index contributed by atoms with van der Waals surface area (Å²) in [4.78, 5) is 0. The summed E-state index contributed by atoms with van der Waals surface area (Å²) < 4.78 is 66.4. The summed E-state index contributed by atoms with van der Waals surface area (Å²) in [5.41, 5.74) is 4.96. The van der Waals surface area contributed by atoms with Gasteiger partial charge in [0, 0.05) is 9.26 Å². The summed E-state index contributed by atoms with van der Waals surface area (Å²) in [6.07, 6.45) is 0. The zero-order chi connectivity index (χ0) is 15.0. The molecular formula is C12H6F5IN2. The summed E-state index contributed by atoms with van der Waals surface area (Å²) >= 11 is 1.81. The number of halogens is 6. The quantitative estimate of drug-likeness (QED) is 0.259. The molecule has 20 heavy (non-hydrogen) atoms. The summed E-state index contributed by atoms with van der Waals surface area (Å²) in [5.74, 6) is -10.0. The maximum Gasteiger partial charge on any atom is 0.200 e. The lowest BCUT2D eigenvalue weighted by molar-refractivity contribution is 0.382. The van der Waals surface area contributed by atoms with Gasteiger partial charge in [0.05, 0.1) is 5.69 Å². The molecule has 0 heterocycles. The number of nitrogens with two attached hydrogens (primary N) is 1. The topological polar surface area (TPSA) is 38.0 Å². The Morgan fingerprint density at radius 2 is 1.35 bits per heavy atom. The molecule has 0 spiro atoms. The van der Waals surface area contributed by atoms with E-state index in [0.29, 0.717) is 9.26 Å². The minimum absolute atomic E-state index is 0.169. The maximum atomic E-state index is 13.5. The van der Waals surface area contributed by atoms with E-state index in [2.05, 4.69) is 5.32 Å². The zero-order valence-electron chi connectivity index (χ0n) is 9.58. The molecule has 0 saturated carbocycles. The Morgan fingerprint density at radius 1 is 0.850 bits per heavy atom. The van der Waals surface area contributed by atoms with Crippen molar-refractivity contribution in [3.63, 3.8) is 0 Å². The molecule has 2 aromatic carbocycles. The molecule has 106 valence electrons. The second kappa shape index (κ2) is 5.43. The first-order chi connectivity index (χ1) is 9.32. The predicted molar refractivity (Wildman–Crippen MR) is 73.1 cm³/mol. The Labute approximate surface area is 123 Å². The summed E-state index contributed by atoms with van der Waals surface area (Å²) in [5, 5.41) is 2.19. The van der Waals surface area contributed by atoms with Gasteiger partial charge in [-0.3, -0.25) is 0 Å². The summed E-state index contributed by atoms with van der Waals surface area (Å²) in [6, 6.07) is 4.28. The molecule has 2 nitrogen and oxygen atoms in total. The first-order valence-electron chi connectivity index (χ1n) is 5.16. The lowest BCUT2D eigenvalue weighted by Crippen LogP contribution is -2.07. The SMILES string of the molecule is Nc1ccc(Nc2c(F)c(F)c(F)c(F)c2F)c(I)c1. The number of nitrogen functional groups attached to an aromatic ring is 1. The molecule has 0 fully saturated rings. The molecule has 0 aliphatic heterocycles. The van der Waals surface area contributed by atoms with Crippen LogP contribution in [0, 0.1) is 32.7 Å². The molecular weight excluding hydrogens is 394 g/mol. The molecule has 0 radical (unpaired) electrons. The summed E-state index contributed by atoms with van der Waals surface area (Å²) in [7, 11) is 0. The lowest BCUT2D eigenvalue weighted by Gasteiger charge is -2.12. The molecule has 0 unspecified atom stereocenters. The second-order valence-electron chi connectivity index (χ2n) is 3.81. The average molecular weight is 400 g/mol. The van der Waals surface area contributed by atoms with Crippen LogP contribution in [0.1, 0.15) is 0 Å². The fraction of sp³-hybridized carbons (Fsp3) is 0. The maximum absolute atomic E-state index is 13.5. The number of hydrogen-bond donors (Lipinski definition) is 2. The fourth-order valence-electron chi connectivity index (χ4n) is 1.48. The highest BCUT2D eigenvalue weighted by atomic mass is 127. The molecule has 0 bridgehead atoms. The monoisotopic (exact) mass is 400 g/mol. The van der Waals surface area contributed by atoms with Crippen LogP contribution in [0.4, 0.5) is 39.0 Å². The molecule has 3 N–H and O–H groups in total. The van der Waals surface area contributed by atoms with Crippen LogP contribution >= 0.6 is 22.6 Å². The molecule has 0 amide bonds. The van der Waals surface area contributed by atoms with E-state index in [1.54, 1.807) is 0 Å². The highest BCUT2D eigenvalue weighted by Gasteiger charge is 2.26. The van der Waals surface area contributed by atoms with Crippen LogP contribution < -0.4 is 11.1 Å². The molecule has 0 aliphatic rings. The van der Waals surface area contributed by atoms with Gasteiger partial charge in [0.25, 0.3) is 0 Å². The third kappa shape index (κ3) is 2.51. The Morgan fingerprint density at radius 3 is 1.85 bits per heavy atom. The molecule has 0 aliphatic carbocycles. The predicted octanol–water partition coefficient (Wildman–Crippen LogP) is 4.31. The van der Waals surface area contributed by atoms with Crippen LogP contribution in [0.25, 0.3) is 0 Å². The molecule has 0 atom stereocenters. The van der Waals surface area contributed by atoms with Crippen LogP contribution in [0.2, 0.25) is 0 Å². The van der Waals surface area contributed by atoms with E-state index in [9.17, 15) is 22.0 Å². The van der Waals surface area contributed by atoms with E-state index >= 15 is 0 Å². The smallest absolute Gasteiger partial charge is 0.200 e. The Bertz CT molecular complexity index is 661. The second-order valence-corrected chi connectivity index (χ2v) is 4.97. The van der Waals surface area contributed by atoms with E-state index in [-0.39, 0.29) is 5.69 Å². The third-order valence-electron chi connectivity index (χ3n) is 2.46. The van der Waals surface area contributed by atoms with Gasteiger partial charge < -0.3 is 11.1 Å². The number of hydrogen-bond acceptors (Lipinski definition) is 2. The zero-order valence-corrected chi connectivity index (χ0v) is 11.7. The number of nitrogens with one attached hydrogen (secondary N) is 1. The first kappa shape index (κ1) is 14.8. The van der Waals surface area contributed by atoms with Crippen molar-refractivity contribution in [3.05, 3.63) is 50.9 Å². The molecule has 2 aromatic rings. The van der Waals surface area contributed by atoms with E-state index in [0.717, 1.165) is 0 Å². The lowest BCUT2D eigenvalue weighted by atomic mass is 10.2. The van der Waals surface area contributed by atoms with Crippen LogP contribution in [0.3, 0.4) is 0 Å². The Hall–Kier alpha value is -1.58. The van der Waals surface area contributed by atoms with Crippen molar-refractivity contribution in [2.45, 2.75) is 0 Å². The van der Waals surface area contributed by atoms with E-state index < -0.39 is 34.8 Å². The van der Waals surface area contributed by atoms with Crippen molar-refractivity contribution < 1.29 is 22.0 Å². The van der Waals surface area contributed by atoms with Gasteiger partial charge in [-0.25, -0.2) is 22.0 Å². The normalized spacial score (nSPS) is 10.7. The van der Waals surface area contributed by atoms with Crippen LogP contribution in [-0.2, 0) is 0 Å². The largest absolute Gasteiger partial charge is 0.399 e. The fourth-order valence-corrected chi connectivity index (χ4v) is 2.16. The standard InChI is InChI=1S/C12H6F5IN2/c13-7-8(14)10(16)12(11(17)9(7)15)20-6-2-1-4(19)3-5(6)18/h1-3,20H,19H2. The molecule has 0 saturated heterocycles.